The van der Waals surface area contributed by atoms with E-state index in [1.54, 1.807) is 0 Å². The first-order valence-electron chi connectivity index (χ1n) is 4.05. The van der Waals surface area contributed by atoms with Crippen molar-refractivity contribution in [3.05, 3.63) is 22.7 Å². The number of fused-ring (bicyclic) bond motifs is 2. The first kappa shape index (κ1) is 8.27. The molecular weight excluding hydrogens is 210 g/mol. The van der Waals surface area contributed by atoms with Crippen LogP contribution < -0.4 is 16.5 Å². The molecule has 2 aromatic rings. The Morgan fingerprint density at radius 2 is 1.53 bits per heavy atom. The predicted molar refractivity (Wildman–Crippen MR) is 46.9 cm³/mol. The second-order valence-electron chi connectivity index (χ2n) is 3.12. The molecule has 1 aliphatic rings. The lowest BCUT2D eigenvalue weighted by molar-refractivity contribution is 0.0705. The maximum absolute atomic E-state index is 12.8. The second kappa shape index (κ2) is 2.30. The lowest BCUT2D eigenvalue weighted by Gasteiger charge is -2.08. The molecule has 0 saturated heterocycles. The average molecular weight is 214 g/mol. The molecule has 0 saturated carbocycles. The highest BCUT2D eigenvalue weighted by molar-refractivity contribution is 5.87. The first-order valence-corrected chi connectivity index (χ1v) is 4.05. The molecule has 1 aromatic carbocycles. The lowest BCUT2D eigenvalue weighted by Crippen LogP contribution is -2.30. The lowest BCUT2D eigenvalue weighted by atomic mass is 10.2. The summed E-state index contributed by atoms with van der Waals surface area (Å²) in [7, 11) is 0. The minimum absolute atomic E-state index is 0.130. The Bertz CT molecular complexity index is 553. The van der Waals surface area contributed by atoms with E-state index in [4.69, 9.17) is 0 Å². The van der Waals surface area contributed by atoms with Crippen LogP contribution in [0.5, 0.6) is 0 Å². The number of alkyl halides is 2. The molecule has 0 amide bonds. The Balaban J connectivity index is 2.25. The van der Waals surface area contributed by atoms with Gasteiger partial charge < -0.3 is 19.5 Å². The van der Waals surface area contributed by atoms with Gasteiger partial charge in [0.25, 0.3) is 0 Å². The fourth-order valence-electron chi connectivity index (χ4n) is 1.50. The smallest absolute Gasteiger partial charge is 0.391 e. The van der Waals surface area contributed by atoms with Gasteiger partial charge in [0, 0.05) is 12.1 Å². The third-order valence-electron chi connectivity index (χ3n) is 2.05. The van der Waals surface area contributed by atoms with E-state index < -0.39 is 12.0 Å². The van der Waals surface area contributed by atoms with Crippen LogP contribution in [-0.2, 0) is 0 Å². The summed E-state index contributed by atoms with van der Waals surface area (Å²) in [4.78, 5) is 10.7. The van der Waals surface area contributed by atoms with Gasteiger partial charge in [-0.3, -0.25) is 0 Å². The van der Waals surface area contributed by atoms with Gasteiger partial charge in [-0.05, 0) is 0 Å². The average Bonchev–Trinajstić information content (AvgIpc) is 2.55. The van der Waals surface area contributed by atoms with E-state index in [9.17, 15) is 13.6 Å². The molecule has 0 atom stereocenters. The van der Waals surface area contributed by atoms with Crippen molar-refractivity contribution in [2.24, 2.45) is 0 Å². The van der Waals surface area contributed by atoms with Crippen LogP contribution in [0.2, 0.25) is 0 Å². The molecule has 2 heterocycles. The van der Waals surface area contributed by atoms with Gasteiger partial charge in [-0.1, -0.05) is 0 Å². The Kier molecular flexibility index (Phi) is 1.27. The maximum Gasteiger partial charge on any atom is 0.519 e. The van der Waals surface area contributed by atoms with E-state index in [-0.39, 0.29) is 22.5 Å². The highest BCUT2D eigenvalue weighted by Crippen LogP contribution is 2.38. The normalized spacial score (nSPS) is 17.2. The molecule has 78 valence electrons. The number of hydrogen-bond acceptors (Lipinski definition) is 5. The Morgan fingerprint density at radius 3 is 2.00 bits per heavy atom. The van der Waals surface area contributed by atoms with Crippen molar-refractivity contribution < 1.29 is 17.6 Å². The SMILES string of the molecule is O=c1oc2cc3c(cc2o1)NC(F)(F)N3. The molecule has 0 spiro atoms. The van der Waals surface area contributed by atoms with Crippen LogP contribution in [0.4, 0.5) is 20.2 Å². The van der Waals surface area contributed by atoms with Gasteiger partial charge in [-0.15, -0.1) is 0 Å². The minimum atomic E-state index is -3.19. The highest BCUT2D eigenvalue weighted by Gasteiger charge is 2.36. The molecule has 0 fully saturated rings. The fraction of sp³-hybridized carbons (Fsp3) is 0.125. The number of hydrogen-bond donors (Lipinski definition) is 2. The van der Waals surface area contributed by atoms with E-state index in [0.717, 1.165) is 0 Å². The van der Waals surface area contributed by atoms with Crippen LogP contribution in [0, 0.1) is 0 Å². The summed E-state index contributed by atoms with van der Waals surface area (Å²) < 4.78 is 34.9. The van der Waals surface area contributed by atoms with Gasteiger partial charge >= 0.3 is 12.0 Å². The third kappa shape index (κ3) is 1.16. The Hall–Kier alpha value is -2.05. The number of anilines is 2. The molecule has 7 heteroatoms. The molecular formula is C8H4F2N2O3. The van der Waals surface area contributed by atoms with Crippen LogP contribution in [0.3, 0.4) is 0 Å². The van der Waals surface area contributed by atoms with Gasteiger partial charge in [-0.25, -0.2) is 4.79 Å². The number of rotatable bonds is 0. The summed E-state index contributed by atoms with van der Waals surface area (Å²) in [6.45, 7) is 0. The zero-order valence-corrected chi connectivity index (χ0v) is 7.14. The topological polar surface area (TPSA) is 67.4 Å². The summed E-state index contributed by atoms with van der Waals surface area (Å²) >= 11 is 0. The number of nitrogens with one attached hydrogen (secondary N) is 2. The largest absolute Gasteiger partial charge is 0.519 e. The summed E-state index contributed by atoms with van der Waals surface area (Å²) in [6, 6.07) is 2.56. The summed E-state index contributed by atoms with van der Waals surface area (Å²) in [6.07, 6.45) is -3.19. The van der Waals surface area contributed by atoms with Crippen LogP contribution >= 0.6 is 0 Å². The van der Waals surface area contributed by atoms with Gasteiger partial charge in [0.05, 0.1) is 11.4 Å². The molecule has 3 rings (SSSR count). The predicted octanol–water partition coefficient (Wildman–Crippen LogP) is 1.77. The van der Waals surface area contributed by atoms with Gasteiger partial charge in [0.2, 0.25) is 0 Å². The van der Waals surface area contributed by atoms with Crippen molar-refractivity contribution >= 4 is 22.5 Å². The Morgan fingerprint density at radius 1 is 1.07 bits per heavy atom. The molecule has 1 aromatic heterocycles. The van der Waals surface area contributed by atoms with Crippen molar-refractivity contribution in [3.63, 3.8) is 0 Å². The molecule has 15 heavy (non-hydrogen) atoms. The Labute approximate surface area is 80.7 Å². The van der Waals surface area contributed by atoms with Crippen molar-refractivity contribution in [2.45, 2.75) is 6.17 Å². The van der Waals surface area contributed by atoms with E-state index in [1.807, 2.05) is 10.6 Å². The highest BCUT2D eigenvalue weighted by atomic mass is 19.3. The quantitative estimate of drug-likeness (QED) is 0.654. The molecule has 2 N–H and O–H groups in total. The van der Waals surface area contributed by atoms with Crippen molar-refractivity contribution in [1.82, 2.24) is 0 Å². The fourth-order valence-corrected chi connectivity index (χ4v) is 1.50. The number of halogens is 2. The summed E-state index contributed by atoms with van der Waals surface area (Å²) in [5.41, 5.74) is 0.589. The zero-order valence-electron chi connectivity index (χ0n) is 7.14. The summed E-state index contributed by atoms with van der Waals surface area (Å²) in [5.74, 6) is -0.861. The first-order chi connectivity index (χ1) is 7.03. The maximum atomic E-state index is 12.8. The third-order valence-corrected chi connectivity index (χ3v) is 2.05. The van der Waals surface area contributed by atoms with Crippen LogP contribution in [0.15, 0.2) is 25.8 Å². The molecule has 0 aliphatic carbocycles. The second-order valence-corrected chi connectivity index (χ2v) is 3.12. The van der Waals surface area contributed by atoms with E-state index in [2.05, 4.69) is 8.83 Å². The molecule has 0 unspecified atom stereocenters. The monoisotopic (exact) mass is 214 g/mol. The van der Waals surface area contributed by atoms with Gasteiger partial charge in [0.15, 0.2) is 11.2 Å². The molecule has 0 bridgehead atoms. The van der Waals surface area contributed by atoms with Gasteiger partial charge in [0.1, 0.15) is 0 Å². The van der Waals surface area contributed by atoms with E-state index in [0.29, 0.717) is 0 Å². The van der Waals surface area contributed by atoms with Crippen molar-refractivity contribution in [3.8, 4) is 0 Å². The zero-order chi connectivity index (χ0) is 10.6. The minimum Gasteiger partial charge on any atom is -0.391 e. The number of benzene rings is 1. The van der Waals surface area contributed by atoms with Crippen LogP contribution in [0.1, 0.15) is 0 Å². The van der Waals surface area contributed by atoms with E-state index >= 15 is 0 Å². The standard InChI is InChI=1S/C8H4F2N2O3/c9-8(10)11-3-1-5-6(2-4(3)12-8)15-7(13)14-5/h1-2,11-12H. The van der Waals surface area contributed by atoms with Crippen molar-refractivity contribution in [1.29, 1.82) is 0 Å². The van der Waals surface area contributed by atoms with Gasteiger partial charge in [-0.2, -0.15) is 8.78 Å². The molecule has 5 nitrogen and oxygen atoms in total. The van der Waals surface area contributed by atoms with Crippen LogP contribution in [-0.4, -0.2) is 6.17 Å². The molecule has 0 radical (unpaired) electrons. The van der Waals surface area contributed by atoms with E-state index in [1.165, 1.54) is 12.1 Å². The van der Waals surface area contributed by atoms with Crippen LogP contribution in [0.25, 0.3) is 11.2 Å². The molecule has 1 aliphatic heterocycles. The summed E-state index contributed by atoms with van der Waals surface area (Å²) in [5, 5.41) is 3.85. The van der Waals surface area contributed by atoms with Crippen molar-refractivity contribution in [2.75, 3.05) is 10.6 Å².